The highest BCUT2D eigenvalue weighted by Gasteiger charge is 2.20. The van der Waals surface area contributed by atoms with E-state index in [9.17, 15) is 10.1 Å². The van der Waals surface area contributed by atoms with Gasteiger partial charge in [0, 0.05) is 18.2 Å². The van der Waals surface area contributed by atoms with Crippen LogP contribution in [-0.2, 0) is 6.54 Å². The number of aromatic nitrogens is 4. The monoisotopic (exact) mass is 338 g/mol. The van der Waals surface area contributed by atoms with Gasteiger partial charge in [-0.1, -0.05) is 25.0 Å². The topological polar surface area (TPSA) is 103 Å². The number of hydrogen-bond donors (Lipinski definition) is 1. The molecule has 8 heteroatoms. The SMILES string of the molecule is N=c1c2ncn(C3CCCC3)c2ncn1Cc1ccc([N+](=O)[O-])cc1. The van der Waals surface area contributed by atoms with Gasteiger partial charge in [-0.25, -0.2) is 9.97 Å². The first-order chi connectivity index (χ1) is 12.1. The molecule has 1 aromatic carbocycles. The maximum Gasteiger partial charge on any atom is 0.269 e. The molecule has 1 saturated carbocycles. The summed E-state index contributed by atoms with van der Waals surface area (Å²) in [5.74, 6) is 0. The van der Waals surface area contributed by atoms with E-state index in [1.165, 1.54) is 25.0 Å². The maximum absolute atomic E-state index is 10.7. The Morgan fingerprint density at radius 1 is 1.16 bits per heavy atom. The largest absolute Gasteiger partial charge is 0.312 e. The zero-order valence-electron chi connectivity index (χ0n) is 13.6. The van der Waals surface area contributed by atoms with Crippen LogP contribution in [0, 0.1) is 15.5 Å². The normalized spacial score (nSPS) is 15.0. The van der Waals surface area contributed by atoms with E-state index in [0.29, 0.717) is 23.6 Å². The molecule has 2 heterocycles. The maximum atomic E-state index is 10.7. The Balaban J connectivity index is 1.65. The van der Waals surface area contributed by atoms with Crippen molar-refractivity contribution >= 4 is 16.9 Å². The highest BCUT2D eigenvalue weighted by molar-refractivity contribution is 5.68. The van der Waals surface area contributed by atoms with Crippen LogP contribution in [0.2, 0.25) is 0 Å². The van der Waals surface area contributed by atoms with Crippen molar-refractivity contribution in [2.75, 3.05) is 0 Å². The third-order valence-electron chi connectivity index (χ3n) is 4.82. The zero-order chi connectivity index (χ0) is 17.4. The molecule has 3 aromatic rings. The Morgan fingerprint density at radius 2 is 1.88 bits per heavy atom. The predicted octanol–water partition coefficient (Wildman–Crippen LogP) is 2.78. The van der Waals surface area contributed by atoms with E-state index < -0.39 is 4.92 Å². The number of fused-ring (bicyclic) bond motifs is 1. The minimum Gasteiger partial charge on any atom is -0.312 e. The van der Waals surface area contributed by atoms with Gasteiger partial charge in [-0.3, -0.25) is 15.5 Å². The molecule has 0 radical (unpaired) electrons. The summed E-state index contributed by atoms with van der Waals surface area (Å²) in [6.07, 6.45) is 8.17. The van der Waals surface area contributed by atoms with Gasteiger partial charge in [-0.15, -0.1) is 0 Å². The number of nitrogens with zero attached hydrogens (tertiary/aromatic N) is 5. The van der Waals surface area contributed by atoms with Gasteiger partial charge in [0.2, 0.25) is 0 Å². The number of nitrogens with one attached hydrogen (secondary N) is 1. The lowest BCUT2D eigenvalue weighted by molar-refractivity contribution is -0.384. The first-order valence-electron chi connectivity index (χ1n) is 8.33. The molecule has 2 aromatic heterocycles. The average Bonchev–Trinajstić information content (AvgIpc) is 3.27. The van der Waals surface area contributed by atoms with Crippen molar-refractivity contribution in [2.45, 2.75) is 38.3 Å². The summed E-state index contributed by atoms with van der Waals surface area (Å²) in [6.45, 7) is 0.427. The number of benzene rings is 1. The predicted molar refractivity (Wildman–Crippen MR) is 91.1 cm³/mol. The number of rotatable bonds is 4. The van der Waals surface area contributed by atoms with Crippen molar-refractivity contribution in [2.24, 2.45) is 0 Å². The molecule has 0 amide bonds. The first-order valence-corrected chi connectivity index (χ1v) is 8.33. The molecular formula is C17H18N6O2. The highest BCUT2D eigenvalue weighted by atomic mass is 16.6. The van der Waals surface area contributed by atoms with Crippen molar-refractivity contribution < 1.29 is 4.92 Å². The van der Waals surface area contributed by atoms with Crippen LogP contribution in [0.3, 0.4) is 0 Å². The molecule has 0 spiro atoms. The summed E-state index contributed by atoms with van der Waals surface area (Å²) in [5, 5.41) is 19.2. The van der Waals surface area contributed by atoms with Gasteiger partial charge in [0.05, 0.1) is 24.1 Å². The van der Waals surface area contributed by atoms with Gasteiger partial charge < -0.3 is 9.13 Å². The van der Waals surface area contributed by atoms with Crippen LogP contribution in [0.25, 0.3) is 11.2 Å². The molecule has 1 aliphatic rings. The highest BCUT2D eigenvalue weighted by Crippen LogP contribution is 2.30. The minimum atomic E-state index is -0.421. The summed E-state index contributed by atoms with van der Waals surface area (Å²) in [4.78, 5) is 19.2. The van der Waals surface area contributed by atoms with Gasteiger partial charge >= 0.3 is 0 Å². The Morgan fingerprint density at radius 3 is 2.56 bits per heavy atom. The molecule has 0 saturated heterocycles. The van der Waals surface area contributed by atoms with Crippen molar-refractivity contribution in [3.05, 3.63) is 58.1 Å². The van der Waals surface area contributed by atoms with Crippen LogP contribution in [0.15, 0.2) is 36.9 Å². The van der Waals surface area contributed by atoms with Crippen LogP contribution < -0.4 is 5.49 Å². The summed E-state index contributed by atoms with van der Waals surface area (Å²) in [7, 11) is 0. The zero-order valence-corrected chi connectivity index (χ0v) is 13.6. The Kier molecular flexibility index (Phi) is 3.79. The molecule has 0 atom stereocenters. The van der Waals surface area contributed by atoms with E-state index in [4.69, 9.17) is 5.41 Å². The van der Waals surface area contributed by atoms with E-state index in [-0.39, 0.29) is 5.69 Å². The molecule has 0 aliphatic heterocycles. The van der Waals surface area contributed by atoms with E-state index in [1.807, 2.05) is 0 Å². The molecular weight excluding hydrogens is 320 g/mol. The van der Waals surface area contributed by atoms with Crippen LogP contribution >= 0.6 is 0 Å². The van der Waals surface area contributed by atoms with E-state index >= 15 is 0 Å². The molecule has 4 rings (SSSR count). The van der Waals surface area contributed by atoms with E-state index in [2.05, 4.69) is 14.5 Å². The fourth-order valence-corrected chi connectivity index (χ4v) is 3.46. The van der Waals surface area contributed by atoms with Gasteiger partial charge in [0.1, 0.15) is 5.52 Å². The standard InChI is InChI=1S/C17H18N6O2/c18-16-15-17(22(11-19-15)13-3-1-2-4-13)20-10-21(16)9-12-5-7-14(8-6-12)23(24)25/h5-8,10-11,13,18H,1-4,9H2. The van der Waals surface area contributed by atoms with Gasteiger partial charge in [-0.05, 0) is 18.4 Å². The molecule has 1 fully saturated rings. The van der Waals surface area contributed by atoms with Crippen molar-refractivity contribution in [3.63, 3.8) is 0 Å². The van der Waals surface area contributed by atoms with Gasteiger partial charge in [0.25, 0.3) is 5.69 Å². The third kappa shape index (κ3) is 2.79. The molecule has 8 nitrogen and oxygen atoms in total. The second-order valence-electron chi connectivity index (χ2n) is 6.41. The number of imidazole rings is 1. The number of nitro groups is 1. The van der Waals surface area contributed by atoms with Crippen LogP contribution in [0.1, 0.15) is 37.3 Å². The molecule has 1 N–H and O–H groups in total. The second kappa shape index (κ2) is 6.12. The van der Waals surface area contributed by atoms with Gasteiger partial charge in [-0.2, -0.15) is 0 Å². The molecule has 1 aliphatic carbocycles. The smallest absolute Gasteiger partial charge is 0.269 e. The Hall–Kier alpha value is -3.03. The second-order valence-corrected chi connectivity index (χ2v) is 6.41. The van der Waals surface area contributed by atoms with Gasteiger partial charge in [0.15, 0.2) is 11.1 Å². The fraction of sp³-hybridized carbons (Fsp3) is 0.353. The van der Waals surface area contributed by atoms with E-state index in [0.717, 1.165) is 24.1 Å². The lowest BCUT2D eigenvalue weighted by Gasteiger charge is -2.12. The quantitative estimate of drug-likeness (QED) is 0.583. The van der Waals surface area contributed by atoms with Crippen LogP contribution in [0.4, 0.5) is 5.69 Å². The first kappa shape index (κ1) is 15.5. The van der Waals surface area contributed by atoms with Crippen molar-refractivity contribution in [1.82, 2.24) is 19.1 Å². The van der Waals surface area contributed by atoms with Crippen molar-refractivity contribution in [1.29, 1.82) is 5.41 Å². The summed E-state index contributed by atoms with van der Waals surface area (Å²) in [6, 6.07) is 6.78. The van der Waals surface area contributed by atoms with Crippen LogP contribution in [0.5, 0.6) is 0 Å². The fourth-order valence-electron chi connectivity index (χ4n) is 3.46. The van der Waals surface area contributed by atoms with E-state index in [1.54, 1.807) is 29.4 Å². The Labute approximate surface area is 143 Å². The molecule has 0 unspecified atom stereocenters. The number of non-ortho nitro benzene ring substituents is 1. The number of nitro benzene ring substituents is 1. The minimum absolute atomic E-state index is 0.0590. The summed E-state index contributed by atoms with van der Waals surface area (Å²) >= 11 is 0. The molecule has 25 heavy (non-hydrogen) atoms. The lowest BCUT2D eigenvalue weighted by atomic mass is 10.2. The molecule has 128 valence electrons. The third-order valence-corrected chi connectivity index (χ3v) is 4.82. The van der Waals surface area contributed by atoms with Crippen LogP contribution in [-0.4, -0.2) is 24.0 Å². The Bertz CT molecular complexity index is 983. The summed E-state index contributed by atoms with van der Waals surface area (Å²) in [5.41, 5.74) is 2.59. The average molecular weight is 338 g/mol. The molecule has 0 bridgehead atoms. The van der Waals surface area contributed by atoms with Crippen molar-refractivity contribution in [3.8, 4) is 0 Å². The summed E-state index contributed by atoms with van der Waals surface area (Å²) < 4.78 is 3.80. The number of hydrogen-bond acceptors (Lipinski definition) is 5. The lowest BCUT2D eigenvalue weighted by Crippen LogP contribution is -2.22.